The summed E-state index contributed by atoms with van der Waals surface area (Å²) in [6, 6.07) is 0.553. The molecule has 1 heterocycles. The second kappa shape index (κ2) is 4.39. The lowest BCUT2D eigenvalue weighted by molar-refractivity contribution is 0.110. The van der Waals surface area contributed by atoms with Crippen molar-refractivity contribution in [3.63, 3.8) is 0 Å². The van der Waals surface area contributed by atoms with Crippen LogP contribution in [0.15, 0.2) is 0 Å². The Morgan fingerprint density at radius 3 is 2.53 bits per heavy atom. The summed E-state index contributed by atoms with van der Waals surface area (Å²) in [5.74, 6) is 0.362. The molecule has 2 aliphatic rings. The minimum Gasteiger partial charge on any atom is -0.391 e. The molecule has 88 valence electrons. The van der Waals surface area contributed by atoms with Crippen molar-refractivity contribution in [2.45, 2.75) is 37.8 Å². The maximum atomic E-state index is 11.2. The minimum atomic E-state index is -2.86. The molecule has 0 aromatic heterocycles. The number of aliphatic hydroxyl groups is 1. The highest BCUT2D eigenvalue weighted by molar-refractivity contribution is 7.91. The maximum absolute atomic E-state index is 11.2. The lowest BCUT2D eigenvalue weighted by atomic mass is 9.92. The van der Waals surface area contributed by atoms with E-state index in [1.807, 2.05) is 0 Å². The quantitative estimate of drug-likeness (QED) is 0.713. The first-order valence-electron chi connectivity index (χ1n) is 5.69. The molecule has 2 atom stereocenters. The standard InChI is InChI=1S/C10H19NO3S/c12-10(6-11-9-2-1-3-9)8-4-5-15(13,14)7-8/h8-12H,1-7H2. The molecular weight excluding hydrogens is 214 g/mol. The monoisotopic (exact) mass is 233 g/mol. The van der Waals surface area contributed by atoms with Crippen molar-refractivity contribution in [3.8, 4) is 0 Å². The molecule has 0 aromatic rings. The van der Waals surface area contributed by atoms with Gasteiger partial charge >= 0.3 is 0 Å². The molecule has 0 bridgehead atoms. The second-order valence-corrected chi connectivity index (χ2v) is 7.00. The highest BCUT2D eigenvalue weighted by atomic mass is 32.2. The molecule has 5 heteroatoms. The number of sulfone groups is 1. The van der Waals surface area contributed by atoms with Crippen LogP contribution in [0.5, 0.6) is 0 Å². The van der Waals surface area contributed by atoms with E-state index in [1.165, 1.54) is 19.3 Å². The summed E-state index contributed by atoms with van der Waals surface area (Å²) in [6.45, 7) is 0.546. The van der Waals surface area contributed by atoms with Gasteiger partial charge in [0, 0.05) is 18.5 Å². The molecule has 0 radical (unpaired) electrons. The fourth-order valence-electron chi connectivity index (χ4n) is 2.19. The van der Waals surface area contributed by atoms with Gasteiger partial charge in [0.2, 0.25) is 0 Å². The Labute approximate surface area is 91.0 Å². The van der Waals surface area contributed by atoms with Gasteiger partial charge in [0.25, 0.3) is 0 Å². The van der Waals surface area contributed by atoms with Crippen molar-refractivity contribution < 1.29 is 13.5 Å². The van der Waals surface area contributed by atoms with Crippen LogP contribution >= 0.6 is 0 Å². The van der Waals surface area contributed by atoms with Crippen molar-refractivity contribution in [1.82, 2.24) is 5.32 Å². The molecule has 0 aromatic carbocycles. The average molecular weight is 233 g/mol. The van der Waals surface area contributed by atoms with E-state index < -0.39 is 15.9 Å². The average Bonchev–Trinajstić information content (AvgIpc) is 2.43. The third-order valence-electron chi connectivity index (χ3n) is 3.53. The largest absolute Gasteiger partial charge is 0.391 e. The summed E-state index contributed by atoms with van der Waals surface area (Å²) < 4.78 is 22.4. The molecule has 15 heavy (non-hydrogen) atoms. The van der Waals surface area contributed by atoms with Gasteiger partial charge in [-0.1, -0.05) is 6.42 Å². The van der Waals surface area contributed by atoms with Crippen molar-refractivity contribution in [3.05, 3.63) is 0 Å². The van der Waals surface area contributed by atoms with Crippen molar-refractivity contribution in [2.75, 3.05) is 18.1 Å². The van der Waals surface area contributed by atoms with Crippen LogP contribution in [0.4, 0.5) is 0 Å². The Morgan fingerprint density at radius 1 is 1.33 bits per heavy atom. The van der Waals surface area contributed by atoms with E-state index >= 15 is 0 Å². The van der Waals surface area contributed by atoms with Gasteiger partial charge in [0.1, 0.15) is 0 Å². The molecule has 2 fully saturated rings. The van der Waals surface area contributed by atoms with Gasteiger partial charge in [-0.15, -0.1) is 0 Å². The summed E-state index contributed by atoms with van der Waals surface area (Å²) in [5.41, 5.74) is 0. The molecule has 1 saturated heterocycles. The minimum absolute atomic E-state index is 0.0532. The van der Waals surface area contributed by atoms with Crippen LogP contribution in [0.1, 0.15) is 25.7 Å². The van der Waals surface area contributed by atoms with Crippen molar-refractivity contribution in [2.24, 2.45) is 5.92 Å². The van der Waals surface area contributed by atoms with E-state index in [4.69, 9.17) is 0 Å². The number of aliphatic hydroxyl groups excluding tert-OH is 1. The van der Waals surface area contributed by atoms with Gasteiger partial charge in [0.05, 0.1) is 17.6 Å². The highest BCUT2D eigenvalue weighted by Gasteiger charge is 2.33. The molecule has 1 aliphatic heterocycles. The van der Waals surface area contributed by atoms with Gasteiger partial charge in [-0.05, 0) is 19.3 Å². The van der Waals surface area contributed by atoms with Crippen LogP contribution < -0.4 is 5.32 Å². The van der Waals surface area contributed by atoms with Crippen LogP contribution in [-0.4, -0.2) is 43.7 Å². The molecule has 4 nitrogen and oxygen atoms in total. The Balaban J connectivity index is 1.73. The normalized spacial score (nSPS) is 32.5. The van der Waals surface area contributed by atoms with Gasteiger partial charge < -0.3 is 10.4 Å². The lowest BCUT2D eigenvalue weighted by Gasteiger charge is -2.28. The van der Waals surface area contributed by atoms with Gasteiger partial charge in [0.15, 0.2) is 9.84 Å². The van der Waals surface area contributed by atoms with Gasteiger partial charge in [-0.25, -0.2) is 8.42 Å². The molecule has 1 saturated carbocycles. The summed E-state index contributed by atoms with van der Waals surface area (Å²) in [6.07, 6.45) is 3.77. The zero-order chi connectivity index (χ0) is 10.9. The fraction of sp³-hybridized carbons (Fsp3) is 1.00. The summed E-state index contributed by atoms with van der Waals surface area (Å²) in [5, 5.41) is 13.1. The third kappa shape index (κ3) is 2.92. The summed E-state index contributed by atoms with van der Waals surface area (Å²) in [7, 11) is -2.86. The van der Waals surface area contributed by atoms with E-state index in [1.54, 1.807) is 0 Å². The first kappa shape index (κ1) is 11.4. The van der Waals surface area contributed by atoms with Crippen LogP contribution in [0, 0.1) is 5.92 Å². The van der Waals surface area contributed by atoms with Crippen LogP contribution in [0.25, 0.3) is 0 Å². The van der Waals surface area contributed by atoms with Crippen LogP contribution in [0.2, 0.25) is 0 Å². The van der Waals surface area contributed by atoms with E-state index in [2.05, 4.69) is 5.32 Å². The van der Waals surface area contributed by atoms with E-state index in [0.29, 0.717) is 19.0 Å². The zero-order valence-electron chi connectivity index (χ0n) is 8.85. The van der Waals surface area contributed by atoms with Crippen LogP contribution in [0.3, 0.4) is 0 Å². The smallest absolute Gasteiger partial charge is 0.150 e. The van der Waals surface area contributed by atoms with Crippen molar-refractivity contribution in [1.29, 1.82) is 0 Å². The molecule has 2 unspecified atom stereocenters. The SMILES string of the molecule is O=S1(=O)CCC(C(O)CNC2CCC2)C1. The molecule has 1 aliphatic carbocycles. The predicted molar refractivity (Wildman–Crippen MR) is 58.4 cm³/mol. The number of rotatable bonds is 4. The van der Waals surface area contributed by atoms with Crippen molar-refractivity contribution >= 4 is 9.84 Å². The Bertz CT molecular complexity index is 311. The predicted octanol–water partition coefficient (Wildman–Crippen LogP) is -0.0759. The van der Waals surface area contributed by atoms with Crippen LogP contribution in [-0.2, 0) is 9.84 Å². The summed E-state index contributed by atoms with van der Waals surface area (Å²) >= 11 is 0. The van der Waals surface area contributed by atoms with E-state index in [9.17, 15) is 13.5 Å². The molecule has 2 rings (SSSR count). The maximum Gasteiger partial charge on any atom is 0.150 e. The molecular formula is C10H19NO3S. The summed E-state index contributed by atoms with van der Waals surface area (Å²) in [4.78, 5) is 0. The Kier molecular flexibility index (Phi) is 3.33. The highest BCUT2D eigenvalue weighted by Crippen LogP contribution is 2.22. The Hall–Kier alpha value is -0.130. The number of hydrogen-bond donors (Lipinski definition) is 2. The number of hydrogen-bond acceptors (Lipinski definition) is 4. The second-order valence-electron chi connectivity index (χ2n) is 4.77. The van der Waals surface area contributed by atoms with Gasteiger partial charge in [-0.3, -0.25) is 0 Å². The Morgan fingerprint density at radius 2 is 2.07 bits per heavy atom. The topological polar surface area (TPSA) is 66.4 Å². The molecule has 2 N–H and O–H groups in total. The number of nitrogens with one attached hydrogen (secondary N) is 1. The molecule has 0 spiro atoms. The zero-order valence-corrected chi connectivity index (χ0v) is 9.67. The first-order chi connectivity index (χ1) is 7.07. The van der Waals surface area contributed by atoms with E-state index in [-0.39, 0.29) is 17.4 Å². The lowest BCUT2D eigenvalue weighted by Crippen LogP contribution is -2.42. The van der Waals surface area contributed by atoms with E-state index in [0.717, 1.165) is 0 Å². The van der Waals surface area contributed by atoms with Gasteiger partial charge in [-0.2, -0.15) is 0 Å². The first-order valence-corrected chi connectivity index (χ1v) is 7.51. The molecule has 0 amide bonds. The third-order valence-corrected chi connectivity index (χ3v) is 5.33. The fourth-order valence-corrected chi connectivity index (χ4v) is 4.06.